The molecule has 1 N–H and O–H groups in total. The Balaban J connectivity index is 1.77. The number of aromatic carboxylic acids is 1. The average molecular weight is 286 g/mol. The van der Waals surface area contributed by atoms with Crippen LogP contribution in [0.5, 0.6) is 0 Å². The molecule has 6 nitrogen and oxygen atoms in total. The number of imide groups is 1. The van der Waals surface area contributed by atoms with E-state index in [0.29, 0.717) is 18.4 Å². The first kappa shape index (κ1) is 13.5. The lowest BCUT2D eigenvalue weighted by Crippen LogP contribution is -2.30. The van der Waals surface area contributed by atoms with Gasteiger partial charge in [0.15, 0.2) is 0 Å². The monoisotopic (exact) mass is 286 g/mol. The van der Waals surface area contributed by atoms with Crippen LogP contribution in [0.1, 0.15) is 28.9 Å². The summed E-state index contributed by atoms with van der Waals surface area (Å²) in [5.41, 5.74) is 0.587. The second kappa shape index (κ2) is 5.12. The van der Waals surface area contributed by atoms with Crippen molar-refractivity contribution >= 4 is 17.8 Å². The fraction of sp³-hybridized carbons (Fsp3) is 0.333. The lowest BCUT2D eigenvalue weighted by Gasteiger charge is -2.14. The van der Waals surface area contributed by atoms with Gasteiger partial charge in [0.05, 0.1) is 18.4 Å². The van der Waals surface area contributed by atoms with Crippen LogP contribution >= 0.6 is 0 Å². The van der Waals surface area contributed by atoms with Crippen LogP contribution < -0.4 is 0 Å². The minimum absolute atomic E-state index is 0.0595. The number of carbonyl (C=O) groups is 3. The summed E-state index contributed by atoms with van der Waals surface area (Å²) < 4.78 is 0. The Morgan fingerprint density at radius 1 is 1.19 bits per heavy atom. The van der Waals surface area contributed by atoms with Gasteiger partial charge in [-0.15, -0.1) is 0 Å². The van der Waals surface area contributed by atoms with Crippen LogP contribution in [-0.4, -0.2) is 32.8 Å². The highest BCUT2D eigenvalue weighted by Gasteiger charge is 2.46. The highest BCUT2D eigenvalue weighted by Crippen LogP contribution is 2.35. The first-order valence-electron chi connectivity index (χ1n) is 6.76. The highest BCUT2D eigenvalue weighted by molar-refractivity contribution is 6.05. The number of amides is 2. The third-order valence-corrected chi connectivity index (χ3v) is 3.98. The van der Waals surface area contributed by atoms with Crippen LogP contribution in [0.3, 0.4) is 0 Å². The molecule has 0 radical (unpaired) electrons. The molecule has 1 aromatic heterocycles. The first-order valence-corrected chi connectivity index (χ1v) is 6.76. The van der Waals surface area contributed by atoms with Crippen LogP contribution in [-0.2, 0) is 16.1 Å². The van der Waals surface area contributed by atoms with E-state index in [0.717, 1.165) is 0 Å². The summed E-state index contributed by atoms with van der Waals surface area (Å²) in [6.07, 6.45) is 6.51. The van der Waals surface area contributed by atoms with Crippen LogP contribution in [0.25, 0.3) is 0 Å². The van der Waals surface area contributed by atoms with Gasteiger partial charge >= 0.3 is 5.97 Å². The second-order valence-corrected chi connectivity index (χ2v) is 5.28. The zero-order valence-corrected chi connectivity index (χ0v) is 11.2. The molecule has 3 rings (SSSR count). The number of carboxylic acids is 1. The maximum Gasteiger partial charge on any atom is 0.354 e. The van der Waals surface area contributed by atoms with Gasteiger partial charge in [-0.1, -0.05) is 18.2 Å². The van der Waals surface area contributed by atoms with Crippen LogP contribution in [0, 0.1) is 11.8 Å². The predicted octanol–water partition coefficient (Wildman–Crippen LogP) is 1.23. The summed E-state index contributed by atoms with van der Waals surface area (Å²) in [6.45, 7) is 0.150. The standard InChI is InChI=1S/C15H14N2O4/c18-13-10-3-1-2-4-11(10)14(19)17(13)8-9-5-6-12(15(20)21)16-7-9/h1-2,5-7,10-11H,3-4,8H2,(H,20,21)/t10-,11+. The first-order chi connectivity index (χ1) is 10.1. The molecule has 0 aromatic carbocycles. The number of carboxylic acid groups (broad SMARTS) is 1. The number of hydrogen-bond donors (Lipinski definition) is 1. The van der Waals surface area contributed by atoms with E-state index in [2.05, 4.69) is 4.98 Å². The molecule has 1 saturated heterocycles. The molecule has 2 amide bonds. The van der Waals surface area contributed by atoms with Crippen LogP contribution in [0.2, 0.25) is 0 Å². The van der Waals surface area contributed by atoms with Crippen LogP contribution in [0.15, 0.2) is 30.5 Å². The van der Waals surface area contributed by atoms with Gasteiger partial charge in [-0.2, -0.15) is 0 Å². The minimum atomic E-state index is -1.10. The number of allylic oxidation sites excluding steroid dienone is 2. The molecule has 6 heteroatoms. The molecule has 1 aliphatic heterocycles. The van der Waals surface area contributed by atoms with Gasteiger partial charge in [0.1, 0.15) is 5.69 Å². The zero-order chi connectivity index (χ0) is 15.0. The summed E-state index contributed by atoms with van der Waals surface area (Å²) >= 11 is 0. The molecule has 2 aliphatic rings. The molecular weight excluding hydrogens is 272 g/mol. The Kier molecular flexibility index (Phi) is 3.29. The summed E-state index contributed by atoms with van der Waals surface area (Å²) in [6, 6.07) is 2.95. The number of rotatable bonds is 3. The number of nitrogens with zero attached hydrogens (tertiary/aromatic N) is 2. The predicted molar refractivity (Wildman–Crippen MR) is 72.1 cm³/mol. The number of carbonyl (C=O) groups excluding carboxylic acids is 2. The van der Waals surface area contributed by atoms with Gasteiger partial charge in [-0.05, 0) is 24.5 Å². The van der Waals surface area contributed by atoms with Crippen molar-refractivity contribution in [2.24, 2.45) is 11.8 Å². The summed E-state index contributed by atoms with van der Waals surface area (Å²) in [5.74, 6) is -1.87. The normalized spacial score (nSPS) is 24.3. The molecule has 0 saturated carbocycles. The van der Waals surface area contributed by atoms with E-state index in [1.807, 2.05) is 12.2 Å². The Hall–Kier alpha value is -2.50. The maximum absolute atomic E-state index is 12.3. The Bertz CT molecular complexity index is 610. The van der Waals surface area contributed by atoms with Crippen molar-refractivity contribution in [2.75, 3.05) is 0 Å². The van der Waals surface area contributed by atoms with Crippen molar-refractivity contribution in [3.8, 4) is 0 Å². The Morgan fingerprint density at radius 2 is 1.81 bits per heavy atom. The molecule has 1 aliphatic carbocycles. The summed E-state index contributed by atoms with van der Waals surface area (Å²) in [4.78, 5) is 40.4. The smallest absolute Gasteiger partial charge is 0.354 e. The largest absolute Gasteiger partial charge is 0.477 e. The Labute approximate surface area is 121 Å². The van der Waals surface area contributed by atoms with Crippen molar-refractivity contribution in [2.45, 2.75) is 19.4 Å². The molecule has 0 unspecified atom stereocenters. The third kappa shape index (κ3) is 2.33. The van der Waals surface area contributed by atoms with Gasteiger partial charge in [0.25, 0.3) is 0 Å². The minimum Gasteiger partial charge on any atom is -0.477 e. The van der Waals surface area contributed by atoms with E-state index in [1.54, 1.807) is 6.07 Å². The fourth-order valence-electron chi connectivity index (χ4n) is 2.85. The van der Waals surface area contributed by atoms with E-state index >= 15 is 0 Å². The molecule has 1 fully saturated rings. The SMILES string of the molecule is O=C(O)c1ccc(CN2C(=O)[C@H]3CC=CC[C@H]3C2=O)cn1. The third-order valence-electron chi connectivity index (χ3n) is 3.98. The molecule has 108 valence electrons. The Morgan fingerprint density at radius 3 is 2.29 bits per heavy atom. The quantitative estimate of drug-likeness (QED) is 0.667. The van der Waals surface area contributed by atoms with Gasteiger partial charge in [0, 0.05) is 6.20 Å². The van der Waals surface area contributed by atoms with Crippen molar-refractivity contribution in [1.82, 2.24) is 9.88 Å². The zero-order valence-electron chi connectivity index (χ0n) is 11.2. The maximum atomic E-state index is 12.3. The van der Waals surface area contributed by atoms with E-state index in [-0.39, 0.29) is 35.9 Å². The number of aromatic nitrogens is 1. The molecule has 1 aromatic rings. The highest BCUT2D eigenvalue weighted by atomic mass is 16.4. The lowest BCUT2D eigenvalue weighted by atomic mass is 9.85. The van der Waals surface area contributed by atoms with Crippen molar-refractivity contribution in [3.63, 3.8) is 0 Å². The summed E-state index contributed by atoms with van der Waals surface area (Å²) in [7, 11) is 0. The summed E-state index contributed by atoms with van der Waals surface area (Å²) in [5, 5.41) is 8.80. The van der Waals surface area contributed by atoms with E-state index in [9.17, 15) is 14.4 Å². The number of likely N-dealkylation sites (tertiary alicyclic amines) is 1. The topological polar surface area (TPSA) is 87.6 Å². The van der Waals surface area contributed by atoms with Crippen molar-refractivity contribution in [3.05, 3.63) is 41.7 Å². The number of hydrogen-bond acceptors (Lipinski definition) is 4. The molecule has 0 spiro atoms. The number of fused-ring (bicyclic) bond motifs is 1. The number of pyridine rings is 1. The van der Waals surface area contributed by atoms with Gasteiger partial charge in [0.2, 0.25) is 11.8 Å². The van der Waals surface area contributed by atoms with E-state index in [1.165, 1.54) is 17.2 Å². The average Bonchev–Trinajstić information content (AvgIpc) is 2.73. The van der Waals surface area contributed by atoms with Crippen molar-refractivity contribution < 1.29 is 19.5 Å². The molecular formula is C15H14N2O4. The second-order valence-electron chi connectivity index (χ2n) is 5.28. The van der Waals surface area contributed by atoms with Gasteiger partial charge in [-0.25, -0.2) is 9.78 Å². The molecule has 2 heterocycles. The van der Waals surface area contributed by atoms with Gasteiger partial charge in [-0.3, -0.25) is 14.5 Å². The lowest BCUT2D eigenvalue weighted by molar-refractivity contribution is -0.140. The van der Waals surface area contributed by atoms with Crippen LogP contribution in [0.4, 0.5) is 0 Å². The molecule has 0 bridgehead atoms. The molecule has 21 heavy (non-hydrogen) atoms. The van der Waals surface area contributed by atoms with E-state index in [4.69, 9.17) is 5.11 Å². The van der Waals surface area contributed by atoms with Crippen molar-refractivity contribution in [1.29, 1.82) is 0 Å². The fourth-order valence-corrected chi connectivity index (χ4v) is 2.85. The van der Waals surface area contributed by atoms with Gasteiger partial charge < -0.3 is 5.11 Å². The van der Waals surface area contributed by atoms with E-state index < -0.39 is 5.97 Å². The molecule has 2 atom stereocenters.